The third-order valence-corrected chi connectivity index (χ3v) is 5.48. The van der Waals surface area contributed by atoms with Gasteiger partial charge in [-0.2, -0.15) is 4.98 Å². The Labute approximate surface area is 202 Å². The minimum Gasteiger partial charge on any atom is -0.497 e. The number of benzene rings is 2. The number of hydrogen-bond donors (Lipinski definition) is 1. The van der Waals surface area contributed by atoms with Crippen LogP contribution in [0.15, 0.2) is 47.0 Å². The third kappa shape index (κ3) is 5.40. The molecular formula is C24H27N5O6. The quantitative estimate of drug-likeness (QED) is 0.420. The van der Waals surface area contributed by atoms with Gasteiger partial charge in [0.15, 0.2) is 0 Å². The van der Waals surface area contributed by atoms with Crippen molar-refractivity contribution in [2.45, 2.75) is 32.4 Å². The van der Waals surface area contributed by atoms with Gasteiger partial charge in [-0.3, -0.25) is 15.0 Å². The molecular weight excluding hydrogens is 454 g/mol. The van der Waals surface area contributed by atoms with Crippen LogP contribution in [0.1, 0.15) is 32.4 Å². The predicted molar refractivity (Wildman–Crippen MR) is 127 cm³/mol. The standard InChI is InChI=1S/C24H27N5O6/c1-24(2,3)34-23(30)28-12-11-25-14-20(28)18-10-7-16(13-19(18)29(31)32)22-26-21(27-35-22)15-5-8-17(33-4)9-6-15/h5-10,13,20,25H,11-12,14H2,1-4H3. The van der Waals surface area contributed by atoms with E-state index in [0.29, 0.717) is 47.9 Å². The number of nitro groups is 1. The van der Waals surface area contributed by atoms with Gasteiger partial charge >= 0.3 is 6.09 Å². The number of aromatic nitrogens is 2. The maximum atomic E-state index is 12.8. The van der Waals surface area contributed by atoms with Gasteiger partial charge in [0.2, 0.25) is 5.82 Å². The Hall–Kier alpha value is -3.99. The van der Waals surface area contributed by atoms with Gasteiger partial charge in [0.25, 0.3) is 11.6 Å². The van der Waals surface area contributed by atoms with Crippen LogP contribution in [0.3, 0.4) is 0 Å². The molecule has 11 nitrogen and oxygen atoms in total. The highest BCUT2D eigenvalue weighted by atomic mass is 16.6. The average Bonchev–Trinajstić information content (AvgIpc) is 3.33. The van der Waals surface area contributed by atoms with E-state index in [1.807, 2.05) is 0 Å². The van der Waals surface area contributed by atoms with Crippen LogP contribution in [0, 0.1) is 10.1 Å². The first-order chi connectivity index (χ1) is 16.7. The number of rotatable bonds is 5. The molecule has 1 unspecified atom stereocenters. The Kier molecular flexibility index (Phi) is 6.70. The van der Waals surface area contributed by atoms with Crippen LogP contribution in [0.2, 0.25) is 0 Å². The summed E-state index contributed by atoms with van der Waals surface area (Å²) < 4.78 is 16.1. The van der Waals surface area contributed by atoms with Crippen molar-refractivity contribution in [2.24, 2.45) is 0 Å². The zero-order chi connectivity index (χ0) is 25.2. The molecule has 2 heterocycles. The highest BCUT2D eigenvalue weighted by molar-refractivity contribution is 5.70. The van der Waals surface area contributed by atoms with E-state index in [0.717, 1.165) is 0 Å². The van der Waals surface area contributed by atoms with Crippen LogP contribution in [0.25, 0.3) is 22.8 Å². The Morgan fingerprint density at radius 3 is 2.57 bits per heavy atom. The number of nitrogens with one attached hydrogen (secondary N) is 1. The molecule has 0 radical (unpaired) electrons. The van der Waals surface area contributed by atoms with Crippen LogP contribution < -0.4 is 10.1 Å². The second-order valence-corrected chi connectivity index (χ2v) is 9.08. The van der Waals surface area contributed by atoms with Crippen molar-refractivity contribution in [2.75, 3.05) is 26.7 Å². The van der Waals surface area contributed by atoms with E-state index < -0.39 is 22.7 Å². The van der Waals surface area contributed by atoms with E-state index in [4.69, 9.17) is 14.0 Å². The minimum atomic E-state index is -0.679. The van der Waals surface area contributed by atoms with E-state index in [1.165, 1.54) is 11.0 Å². The molecule has 1 aromatic heterocycles. The molecule has 1 saturated heterocycles. The van der Waals surface area contributed by atoms with Crippen LogP contribution in [0.5, 0.6) is 5.75 Å². The average molecular weight is 482 g/mol. The second kappa shape index (κ2) is 9.71. The number of hydrogen-bond acceptors (Lipinski definition) is 9. The molecule has 2 aromatic carbocycles. The van der Waals surface area contributed by atoms with Crippen LogP contribution >= 0.6 is 0 Å². The van der Waals surface area contributed by atoms with Gasteiger partial charge in [0, 0.05) is 36.8 Å². The molecule has 1 aliphatic heterocycles. The van der Waals surface area contributed by atoms with E-state index in [2.05, 4.69) is 15.5 Å². The van der Waals surface area contributed by atoms with E-state index in [-0.39, 0.29) is 11.6 Å². The van der Waals surface area contributed by atoms with E-state index in [9.17, 15) is 14.9 Å². The largest absolute Gasteiger partial charge is 0.497 e. The summed E-state index contributed by atoms with van der Waals surface area (Å²) in [5, 5.41) is 19.2. The highest BCUT2D eigenvalue weighted by Gasteiger charge is 2.35. The van der Waals surface area contributed by atoms with Crippen molar-refractivity contribution in [1.29, 1.82) is 0 Å². The first kappa shape index (κ1) is 24.1. The first-order valence-corrected chi connectivity index (χ1v) is 11.1. The number of carbonyl (C=O) groups is 1. The van der Waals surface area contributed by atoms with Crippen LogP contribution in [0.4, 0.5) is 10.5 Å². The number of methoxy groups -OCH3 is 1. The summed E-state index contributed by atoms with van der Waals surface area (Å²) in [4.78, 5) is 30.3. The smallest absolute Gasteiger partial charge is 0.410 e. The van der Waals surface area contributed by atoms with Crippen molar-refractivity contribution in [3.8, 4) is 28.6 Å². The fraction of sp³-hybridized carbons (Fsp3) is 0.375. The van der Waals surface area contributed by atoms with Gasteiger partial charge in [0.1, 0.15) is 11.4 Å². The molecule has 11 heteroatoms. The highest BCUT2D eigenvalue weighted by Crippen LogP contribution is 2.35. The minimum absolute atomic E-state index is 0.144. The molecule has 0 bridgehead atoms. The molecule has 184 valence electrons. The summed E-state index contributed by atoms with van der Waals surface area (Å²) >= 11 is 0. The molecule has 0 spiro atoms. The lowest BCUT2D eigenvalue weighted by Crippen LogP contribution is -2.50. The molecule has 1 fully saturated rings. The molecule has 35 heavy (non-hydrogen) atoms. The number of amides is 1. The Morgan fingerprint density at radius 1 is 1.20 bits per heavy atom. The number of nitrogens with zero attached hydrogens (tertiary/aromatic N) is 4. The number of nitro benzene ring substituents is 1. The van der Waals surface area contributed by atoms with Crippen molar-refractivity contribution in [3.63, 3.8) is 0 Å². The van der Waals surface area contributed by atoms with Gasteiger partial charge in [-0.15, -0.1) is 0 Å². The molecule has 1 aliphatic rings. The van der Waals surface area contributed by atoms with E-state index >= 15 is 0 Å². The SMILES string of the molecule is COc1ccc(-c2noc(-c3ccc(C4CNCCN4C(=O)OC(C)(C)C)c([N+](=O)[O-])c3)n2)cc1. The second-order valence-electron chi connectivity index (χ2n) is 9.08. The summed E-state index contributed by atoms with van der Waals surface area (Å²) in [5.74, 6) is 1.19. The van der Waals surface area contributed by atoms with Gasteiger partial charge < -0.3 is 19.3 Å². The Bertz CT molecular complexity index is 1220. The molecule has 3 aromatic rings. The van der Waals surface area contributed by atoms with Gasteiger partial charge in [-0.25, -0.2) is 4.79 Å². The maximum Gasteiger partial charge on any atom is 0.410 e. The summed E-state index contributed by atoms with van der Waals surface area (Å²) in [7, 11) is 1.58. The maximum absolute atomic E-state index is 12.8. The normalized spacial score (nSPS) is 16.1. The lowest BCUT2D eigenvalue weighted by atomic mass is 9.99. The third-order valence-electron chi connectivity index (χ3n) is 5.48. The summed E-state index contributed by atoms with van der Waals surface area (Å²) in [6.07, 6.45) is -0.511. The van der Waals surface area contributed by atoms with Crippen LogP contribution in [-0.2, 0) is 4.74 Å². The lowest BCUT2D eigenvalue weighted by molar-refractivity contribution is -0.385. The molecule has 0 saturated carbocycles. The van der Waals surface area contributed by atoms with Gasteiger partial charge in [-0.05, 0) is 57.2 Å². The van der Waals surface area contributed by atoms with Gasteiger partial charge in [-0.1, -0.05) is 5.16 Å². The zero-order valence-electron chi connectivity index (χ0n) is 20.0. The molecule has 0 aliphatic carbocycles. The fourth-order valence-corrected chi connectivity index (χ4v) is 3.84. The Morgan fingerprint density at radius 2 is 1.91 bits per heavy atom. The topological polar surface area (TPSA) is 133 Å². The van der Waals surface area contributed by atoms with Crippen molar-refractivity contribution < 1.29 is 23.7 Å². The number of ether oxygens (including phenoxy) is 2. The summed E-state index contributed by atoms with van der Waals surface area (Å²) in [5.41, 5.74) is 0.691. The van der Waals surface area contributed by atoms with Crippen LogP contribution in [-0.4, -0.2) is 58.4 Å². The molecule has 1 atom stereocenters. The van der Waals surface area contributed by atoms with Crippen molar-refractivity contribution >= 4 is 11.8 Å². The Balaban J connectivity index is 1.64. The lowest BCUT2D eigenvalue weighted by Gasteiger charge is -2.37. The van der Waals surface area contributed by atoms with Crippen molar-refractivity contribution in [1.82, 2.24) is 20.4 Å². The fourth-order valence-electron chi connectivity index (χ4n) is 3.84. The van der Waals surface area contributed by atoms with Crippen molar-refractivity contribution in [3.05, 3.63) is 58.1 Å². The molecule has 1 amide bonds. The summed E-state index contributed by atoms with van der Waals surface area (Å²) in [6, 6.07) is 11.3. The zero-order valence-corrected chi connectivity index (χ0v) is 20.0. The first-order valence-electron chi connectivity index (χ1n) is 11.1. The predicted octanol–water partition coefficient (Wildman–Crippen LogP) is 4.20. The molecule has 1 N–H and O–H groups in total. The monoisotopic (exact) mass is 481 g/mol. The summed E-state index contributed by atoms with van der Waals surface area (Å²) in [6.45, 7) is 6.64. The number of carbonyl (C=O) groups excluding carboxylic acids is 1. The molecule has 4 rings (SSSR count). The van der Waals surface area contributed by atoms with E-state index in [1.54, 1.807) is 64.3 Å². The van der Waals surface area contributed by atoms with Gasteiger partial charge in [0.05, 0.1) is 23.6 Å². The number of piperazine rings is 1.